The molecule has 2 aromatic rings. The number of benzene rings is 1. The van der Waals surface area contributed by atoms with Gasteiger partial charge in [-0.15, -0.1) is 0 Å². The smallest absolute Gasteiger partial charge is 0.339 e. The number of aryl methyl sites for hydroxylation is 1. The van der Waals surface area contributed by atoms with Crippen molar-refractivity contribution < 1.29 is 14.3 Å². The molecule has 4 nitrogen and oxygen atoms in total. The molecule has 0 aliphatic heterocycles. The number of hydrogen-bond donors (Lipinski definition) is 1. The van der Waals surface area contributed by atoms with E-state index in [0.29, 0.717) is 0 Å². The molecule has 0 bridgehead atoms. The van der Waals surface area contributed by atoms with Crippen LogP contribution in [0.4, 0.5) is 4.39 Å². The molecule has 1 N–H and O–H groups in total. The van der Waals surface area contributed by atoms with Crippen molar-refractivity contribution in [3.05, 3.63) is 40.8 Å². The van der Waals surface area contributed by atoms with Crippen LogP contribution in [0.15, 0.2) is 24.4 Å². The summed E-state index contributed by atoms with van der Waals surface area (Å²) in [4.78, 5) is 11.0. The molecule has 0 fully saturated rings. The Morgan fingerprint density at radius 1 is 1.53 bits per heavy atom. The molecule has 6 heteroatoms. The van der Waals surface area contributed by atoms with Crippen LogP contribution >= 0.6 is 11.6 Å². The molecule has 0 atom stereocenters. The number of halogens is 2. The van der Waals surface area contributed by atoms with Crippen molar-refractivity contribution in [2.24, 2.45) is 7.05 Å². The summed E-state index contributed by atoms with van der Waals surface area (Å²) >= 11 is 5.91. The minimum absolute atomic E-state index is 0.0139. The molecular formula is C11H8ClFN2O2. The third-order valence-electron chi connectivity index (χ3n) is 2.24. The van der Waals surface area contributed by atoms with Gasteiger partial charge in [0.1, 0.15) is 17.1 Å². The lowest BCUT2D eigenvalue weighted by Gasteiger charge is -2.02. The lowest BCUT2D eigenvalue weighted by molar-refractivity contribution is 0.0697. The predicted octanol–water partition coefficient (Wildman–Crippen LogP) is 2.58. The zero-order valence-corrected chi connectivity index (χ0v) is 9.57. The summed E-state index contributed by atoms with van der Waals surface area (Å²) in [7, 11) is 1.59. The van der Waals surface area contributed by atoms with E-state index in [4.69, 9.17) is 16.7 Å². The fourth-order valence-electron chi connectivity index (χ4n) is 1.52. The fourth-order valence-corrected chi connectivity index (χ4v) is 1.73. The van der Waals surface area contributed by atoms with Crippen LogP contribution in [0.1, 0.15) is 10.4 Å². The van der Waals surface area contributed by atoms with E-state index in [1.54, 1.807) is 7.05 Å². The highest BCUT2D eigenvalue weighted by molar-refractivity contribution is 6.33. The van der Waals surface area contributed by atoms with E-state index in [2.05, 4.69) is 5.10 Å². The Morgan fingerprint density at radius 3 is 2.88 bits per heavy atom. The van der Waals surface area contributed by atoms with Crippen LogP contribution in [0.2, 0.25) is 5.02 Å². The molecule has 0 saturated heterocycles. The molecule has 1 heterocycles. The van der Waals surface area contributed by atoms with Gasteiger partial charge >= 0.3 is 5.97 Å². The molecule has 0 saturated carbocycles. The van der Waals surface area contributed by atoms with Gasteiger partial charge in [0.25, 0.3) is 0 Å². The van der Waals surface area contributed by atoms with Crippen LogP contribution in [0, 0.1) is 5.82 Å². The second kappa shape index (κ2) is 4.18. The van der Waals surface area contributed by atoms with Crippen LogP contribution in [0.25, 0.3) is 11.3 Å². The van der Waals surface area contributed by atoms with E-state index in [1.807, 2.05) is 0 Å². The first-order valence-corrected chi connectivity index (χ1v) is 5.09. The number of carboxylic acids is 1. The second-order valence-electron chi connectivity index (χ2n) is 3.49. The molecule has 0 aliphatic carbocycles. The number of nitrogens with zero attached hydrogens (tertiary/aromatic N) is 2. The molecule has 2 rings (SSSR count). The van der Waals surface area contributed by atoms with Gasteiger partial charge in [-0.1, -0.05) is 11.6 Å². The Morgan fingerprint density at radius 2 is 2.24 bits per heavy atom. The highest BCUT2D eigenvalue weighted by Gasteiger charge is 2.18. The van der Waals surface area contributed by atoms with E-state index in [1.165, 1.54) is 23.0 Å². The Balaban J connectivity index is 2.67. The van der Waals surface area contributed by atoms with Gasteiger partial charge in [0.15, 0.2) is 0 Å². The summed E-state index contributed by atoms with van der Waals surface area (Å²) in [5, 5.41) is 13.3. The Bertz CT molecular complexity index is 595. The SMILES string of the molecule is Cn1cc(C(=O)O)c(-c2cc(F)ccc2Cl)n1. The molecule has 0 radical (unpaired) electrons. The molecular weight excluding hydrogens is 247 g/mol. The zero-order chi connectivity index (χ0) is 12.6. The van der Waals surface area contributed by atoms with Gasteiger partial charge in [0, 0.05) is 18.8 Å². The number of aromatic nitrogens is 2. The van der Waals surface area contributed by atoms with E-state index < -0.39 is 11.8 Å². The van der Waals surface area contributed by atoms with Crippen molar-refractivity contribution in [2.45, 2.75) is 0 Å². The first kappa shape index (κ1) is 11.6. The lowest BCUT2D eigenvalue weighted by atomic mass is 10.1. The van der Waals surface area contributed by atoms with Crippen molar-refractivity contribution in [1.29, 1.82) is 0 Å². The van der Waals surface area contributed by atoms with Crippen molar-refractivity contribution in [2.75, 3.05) is 0 Å². The number of aromatic carboxylic acids is 1. The average molecular weight is 255 g/mol. The van der Waals surface area contributed by atoms with E-state index >= 15 is 0 Å². The molecule has 0 unspecified atom stereocenters. The Kier molecular flexibility index (Phi) is 2.85. The van der Waals surface area contributed by atoms with Crippen molar-refractivity contribution >= 4 is 17.6 Å². The van der Waals surface area contributed by atoms with Gasteiger partial charge in [-0.25, -0.2) is 9.18 Å². The summed E-state index contributed by atoms with van der Waals surface area (Å²) in [6.07, 6.45) is 1.35. The van der Waals surface area contributed by atoms with E-state index in [9.17, 15) is 9.18 Å². The zero-order valence-electron chi connectivity index (χ0n) is 8.82. The molecule has 1 aromatic carbocycles. The predicted molar refractivity (Wildman–Crippen MR) is 60.6 cm³/mol. The number of carboxylic acid groups (broad SMARTS) is 1. The molecule has 0 spiro atoms. The van der Waals surface area contributed by atoms with Crippen LogP contribution in [-0.4, -0.2) is 20.9 Å². The van der Waals surface area contributed by atoms with Gasteiger partial charge < -0.3 is 5.11 Å². The summed E-state index contributed by atoms with van der Waals surface area (Å²) in [5.41, 5.74) is 0.411. The van der Waals surface area contributed by atoms with Crippen LogP contribution in [0.3, 0.4) is 0 Å². The number of hydrogen-bond acceptors (Lipinski definition) is 2. The monoisotopic (exact) mass is 254 g/mol. The molecule has 1 aromatic heterocycles. The van der Waals surface area contributed by atoms with Crippen LogP contribution in [0.5, 0.6) is 0 Å². The van der Waals surface area contributed by atoms with Gasteiger partial charge in [-0.3, -0.25) is 4.68 Å². The maximum atomic E-state index is 13.1. The third kappa shape index (κ3) is 2.14. The summed E-state index contributed by atoms with van der Waals surface area (Å²) in [5.74, 6) is -1.63. The van der Waals surface area contributed by atoms with Gasteiger partial charge in [-0.2, -0.15) is 5.10 Å². The third-order valence-corrected chi connectivity index (χ3v) is 2.57. The van der Waals surface area contributed by atoms with E-state index in [-0.39, 0.29) is 21.8 Å². The second-order valence-corrected chi connectivity index (χ2v) is 3.90. The summed E-state index contributed by atoms with van der Waals surface area (Å²) < 4.78 is 14.5. The normalized spacial score (nSPS) is 10.5. The number of carbonyl (C=O) groups is 1. The van der Waals surface area contributed by atoms with E-state index in [0.717, 1.165) is 6.07 Å². The Labute approximate surface area is 101 Å². The van der Waals surface area contributed by atoms with Crippen LogP contribution in [-0.2, 0) is 7.05 Å². The number of rotatable bonds is 2. The van der Waals surface area contributed by atoms with Crippen LogP contribution < -0.4 is 0 Å². The maximum Gasteiger partial charge on any atom is 0.339 e. The molecule has 88 valence electrons. The van der Waals surface area contributed by atoms with Crippen molar-refractivity contribution in [3.63, 3.8) is 0 Å². The quantitative estimate of drug-likeness (QED) is 0.896. The maximum absolute atomic E-state index is 13.1. The molecule has 0 aliphatic rings. The minimum atomic E-state index is -1.13. The molecule has 0 amide bonds. The Hall–Kier alpha value is -1.88. The van der Waals surface area contributed by atoms with Crippen molar-refractivity contribution in [3.8, 4) is 11.3 Å². The van der Waals surface area contributed by atoms with Gasteiger partial charge in [0.2, 0.25) is 0 Å². The average Bonchev–Trinajstić information content (AvgIpc) is 2.64. The first-order valence-electron chi connectivity index (χ1n) is 4.71. The first-order chi connectivity index (χ1) is 7.99. The minimum Gasteiger partial charge on any atom is -0.478 e. The molecule has 17 heavy (non-hydrogen) atoms. The highest BCUT2D eigenvalue weighted by atomic mass is 35.5. The lowest BCUT2D eigenvalue weighted by Crippen LogP contribution is -1.97. The topological polar surface area (TPSA) is 55.1 Å². The van der Waals surface area contributed by atoms with Gasteiger partial charge in [0.05, 0.1) is 5.02 Å². The summed E-state index contributed by atoms with van der Waals surface area (Å²) in [6.45, 7) is 0. The van der Waals surface area contributed by atoms with Crippen molar-refractivity contribution in [1.82, 2.24) is 9.78 Å². The largest absolute Gasteiger partial charge is 0.478 e. The summed E-state index contributed by atoms with van der Waals surface area (Å²) in [6, 6.07) is 3.73. The fraction of sp³-hybridized carbons (Fsp3) is 0.0909. The highest BCUT2D eigenvalue weighted by Crippen LogP contribution is 2.29. The standard InChI is InChI=1S/C11H8ClFN2O2/c1-15-5-8(11(16)17)10(14-15)7-4-6(13)2-3-9(7)12/h2-5H,1H3,(H,16,17). The van der Waals surface area contributed by atoms with Gasteiger partial charge in [-0.05, 0) is 18.2 Å².